The second-order valence-electron chi connectivity index (χ2n) is 4.49. The molecule has 0 saturated carbocycles. The Morgan fingerprint density at radius 2 is 1.79 bits per heavy atom. The molecule has 2 heteroatoms. The summed E-state index contributed by atoms with van der Waals surface area (Å²) in [7, 11) is 1.78. The zero-order valence-corrected chi connectivity index (χ0v) is 10.5. The highest BCUT2D eigenvalue weighted by Gasteiger charge is 2.25. The third-order valence-corrected chi connectivity index (χ3v) is 3.22. The van der Waals surface area contributed by atoms with E-state index in [1.54, 1.807) is 7.11 Å². The maximum Gasteiger partial charge on any atom is 0.0468 e. The van der Waals surface area contributed by atoms with Crippen LogP contribution < -0.4 is 5.32 Å². The van der Waals surface area contributed by atoms with Crippen molar-refractivity contribution in [3.05, 3.63) is 0 Å². The summed E-state index contributed by atoms with van der Waals surface area (Å²) in [5.41, 5.74) is 0.431. The van der Waals surface area contributed by atoms with Crippen molar-refractivity contribution in [2.24, 2.45) is 5.41 Å². The highest BCUT2D eigenvalue weighted by atomic mass is 16.5. The largest absolute Gasteiger partial charge is 0.385 e. The molecule has 0 atom stereocenters. The molecule has 0 fully saturated rings. The lowest BCUT2D eigenvalue weighted by molar-refractivity contribution is 0.124. The number of nitrogens with one attached hydrogen (secondary N) is 1. The molecule has 0 bridgehead atoms. The van der Waals surface area contributed by atoms with E-state index in [1.807, 2.05) is 0 Å². The lowest BCUT2D eigenvalue weighted by atomic mass is 9.79. The molecular formula is C12H27NO. The highest BCUT2D eigenvalue weighted by Crippen LogP contribution is 2.29. The van der Waals surface area contributed by atoms with Crippen LogP contribution in [0.15, 0.2) is 0 Å². The summed E-state index contributed by atoms with van der Waals surface area (Å²) in [6.45, 7) is 10.9. The summed E-state index contributed by atoms with van der Waals surface area (Å²) >= 11 is 0. The Morgan fingerprint density at radius 1 is 1.21 bits per heavy atom. The minimum atomic E-state index is 0.431. The molecule has 0 spiro atoms. The normalized spacial score (nSPS) is 12.4. The van der Waals surface area contributed by atoms with E-state index in [0.717, 1.165) is 19.6 Å². The monoisotopic (exact) mass is 201 g/mol. The summed E-state index contributed by atoms with van der Waals surface area (Å²) in [5, 5.41) is 3.54. The minimum Gasteiger partial charge on any atom is -0.385 e. The quantitative estimate of drug-likeness (QED) is 0.652. The van der Waals surface area contributed by atoms with Gasteiger partial charge in [-0.15, -0.1) is 0 Å². The number of hydrogen-bond donors (Lipinski definition) is 1. The molecule has 0 saturated heterocycles. The molecule has 0 aliphatic heterocycles. The summed E-state index contributed by atoms with van der Waals surface area (Å²) in [6, 6.07) is 0.579. The average molecular weight is 201 g/mol. The fourth-order valence-corrected chi connectivity index (χ4v) is 1.68. The van der Waals surface area contributed by atoms with E-state index in [4.69, 9.17) is 4.74 Å². The SMILES string of the molecule is CCC(CC)(CCOC)CNC(C)C. The van der Waals surface area contributed by atoms with Gasteiger partial charge in [-0.25, -0.2) is 0 Å². The number of hydrogen-bond acceptors (Lipinski definition) is 2. The van der Waals surface area contributed by atoms with Gasteiger partial charge in [-0.2, -0.15) is 0 Å². The molecule has 0 aromatic rings. The second-order valence-corrected chi connectivity index (χ2v) is 4.49. The van der Waals surface area contributed by atoms with Crippen LogP contribution in [-0.4, -0.2) is 26.3 Å². The molecule has 0 aromatic heterocycles. The van der Waals surface area contributed by atoms with Crippen molar-refractivity contribution in [1.29, 1.82) is 0 Å². The maximum absolute atomic E-state index is 5.18. The zero-order chi connectivity index (χ0) is 11.0. The van der Waals surface area contributed by atoms with Crippen molar-refractivity contribution in [3.8, 4) is 0 Å². The van der Waals surface area contributed by atoms with Gasteiger partial charge in [0.05, 0.1) is 0 Å². The van der Waals surface area contributed by atoms with Crippen LogP contribution in [0.4, 0.5) is 0 Å². The molecule has 86 valence electrons. The Kier molecular flexibility index (Phi) is 7.20. The highest BCUT2D eigenvalue weighted by molar-refractivity contribution is 4.79. The Balaban J connectivity index is 4.07. The predicted octanol–water partition coefficient (Wildman–Crippen LogP) is 2.83. The fraction of sp³-hybridized carbons (Fsp3) is 1.00. The van der Waals surface area contributed by atoms with Crippen molar-refractivity contribution in [1.82, 2.24) is 5.32 Å². The Bertz CT molecular complexity index is 130. The van der Waals surface area contributed by atoms with Crippen LogP contribution in [0.25, 0.3) is 0 Å². The van der Waals surface area contributed by atoms with Gasteiger partial charge in [-0.3, -0.25) is 0 Å². The molecule has 0 aliphatic rings. The number of ether oxygens (including phenoxy) is 1. The molecule has 0 aliphatic carbocycles. The van der Waals surface area contributed by atoms with Crippen LogP contribution in [0.1, 0.15) is 47.0 Å². The van der Waals surface area contributed by atoms with E-state index in [1.165, 1.54) is 12.8 Å². The van der Waals surface area contributed by atoms with Crippen molar-refractivity contribution in [2.45, 2.75) is 53.0 Å². The van der Waals surface area contributed by atoms with Gasteiger partial charge in [0.2, 0.25) is 0 Å². The molecule has 0 radical (unpaired) electrons. The van der Waals surface area contributed by atoms with E-state index < -0.39 is 0 Å². The van der Waals surface area contributed by atoms with Gasteiger partial charge >= 0.3 is 0 Å². The zero-order valence-electron chi connectivity index (χ0n) is 10.5. The predicted molar refractivity (Wildman–Crippen MR) is 62.6 cm³/mol. The Labute approximate surface area is 89.4 Å². The molecule has 0 aromatic carbocycles. The average Bonchev–Trinajstić information content (AvgIpc) is 2.19. The van der Waals surface area contributed by atoms with E-state index in [2.05, 4.69) is 33.0 Å². The van der Waals surface area contributed by atoms with Gasteiger partial charge in [-0.05, 0) is 24.7 Å². The van der Waals surface area contributed by atoms with Gasteiger partial charge in [0, 0.05) is 26.3 Å². The van der Waals surface area contributed by atoms with Crippen molar-refractivity contribution in [3.63, 3.8) is 0 Å². The fourth-order valence-electron chi connectivity index (χ4n) is 1.68. The van der Waals surface area contributed by atoms with Crippen LogP contribution in [-0.2, 0) is 4.74 Å². The molecule has 2 nitrogen and oxygen atoms in total. The Morgan fingerprint density at radius 3 is 2.14 bits per heavy atom. The first-order chi connectivity index (χ1) is 6.60. The smallest absolute Gasteiger partial charge is 0.0468 e. The molecule has 0 rings (SSSR count). The standard InChI is InChI=1S/C12H27NO/c1-6-12(7-2,8-9-14-5)10-13-11(3)4/h11,13H,6-10H2,1-5H3. The third-order valence-electron chi connectivity index (χ3n) is 3.22. The topological polar surface area (TPSA) is 21.3 Å². The maximum atomic E-state index is 5.18. The molecule has 0 heterocycles. The summed E-state index contributed by atoms with van der Waals surface area (Å²) in [6.07, 6.45) is 3.62. The van der Waals surface area contributed by atoms with Crippen molar-refractivity contribution in [2.75, 3.05) is 20.3 Å². The van der Waals surface area contributed by atoms with Gasteiger partial charge in [-0.1, -0.05) is 27.7 Å². The van der Waals surface area contributed by atoms with E-state index in [9.17, 15) is 0 Å². The molecule has 14 heavy (non-hydrogen) atoms. The molecule has 1 N–H and O–H groups in total. The van der Waals surface area contributed by atoms with Crippen molar-refractivity contribution >= 4 is 0 Å². The van der Waals surface area contributed by atoms with Crippen LogP contribution in [0.3, 0.4) is 0 Å². The summed E-state index contributed by atoms with van der Waals surface area (Å²) < 4.78 is 5.18. The lowest BCUT2D eigenvalue weighted by Gasteiger charge is -2.32. The first kappa shape index (κ1) is 13.9. The van der Waals surface area contributed by atoms with Crippen molar-refractivity contribution < 1.29 is 4.74 Å². The third kappa shape index (κ3) is 4.97. The molecular weight excluding hydrogens is 174 g/mol. The first-order valence-electron chi connectivity index (χ1n) is 5.82. The van der Waals surface area contributed by atoms with Gasteiger partial charge in [0.1, 0.15) is 0 Å². The van der Waals surface area contributed by atoms with Gasteiger partial charge in [0.15, 0.2) is 0 Å². The van der Waals surface area contributed by atoms with E-state index in [-0.39, 0.29) is 0 Å². The number of methoxy groups -OCH3 is 1. The molecule has 0 amide bonds. The second kappa shape index (κ2) is 7.24. The summed E-state index contributed by atoms with van der Waals surface area (Å²) in [4.78, 5) is 0. The first-order valence-corrected chi connectivity index (χ1v) is 5.82. The Hall–Kier alpha value is -0.0800. The van der Waals surface area contributed by atoms with Crippen LogP contribution in [0.5, 0.6) is 0 Å². The van der Waals surface area contributed by atoms with E-state index >= 15 is 0 Å². The molecule has 0 unspecified atom stereocenters. The summed E-state index contributed by atoms with van der Waals surface area (Å²) in [5.74, 6) is 0. The lowest BCUT2D eigenvalue weighted by Crippen LogP contribution is -2.37. The van der Waals surface area contributed by atoms with Gasteiger partial charge in [0.25, 0.3) is 0 Å². The van der Waals surface area contributed by atoms with Gasteiger partial charge < -0.3 is 10.1 Å². The van der Waals surface area contributed by atoms with Crippen LogP contribution >= 0.6 is 0 Å². The van der Waals surface area contributed by atoms with Crippen LogP contribution in [0.2, 0.25) is 0 Å². The minimum absolute atomic E-state index is 0.431. The van der Waals surface area contributed by atoms with E-state index in [0.29, 0.717) is 11.5 Å². The number of rotatable bonds is 8. The van der Waals surface area contributed by atoms with Crippen LogP contribution in [0, 0.1) is 5.41 Å².